The lowest BCUT2D eigenvalue weighted by atomic mass is 10.0. The van der Waals surface area contributed by atoms with Gasteiger partial charge in [0.1, 0.15) is 18.0 Å². The van der Waals surface area contributed by atoms with Crippen LogP contribution in [0.5, 0.6) is 5.75 Å². The van der Waals surface area contributed by atoms with Gasteiger partial charge in [0.25, 0.3) is 0 Å². The van der Waals surface area contributed by atoms with Crippen LogP contribution < -0.4 is 4.74 Å². The van der Waals surface area contributed by atoms with E-state index < -0.39 is 0 Å². The first-order chi connectivity index (χ1) is 11.6. The van der Waals surface area contributed by atoms with E-state index in [1.54, 1.807) is 7.11 Å². The molecule has 0 amide bonds. The van der Waals surface area contributed by atoms with Gasteiger partial charge in [-0.05, 0) is 43.5 Å². The van der Waals surface area contributed by atoms with E-state index in [4.69, 9.17) is 9.47 Å². The Labute approximate surface area is 144 Å². The van der Waals surface area contributed by atoms with Crippen LogP contribution in [0.25, 0.3) is 0 Å². The summed E-state index contributed by atoms with van der Waals surface area (Å²) in [5.74, 6) is 0.938. The van der Waals surface area contributed by atoms with Gasteiger partial charge < -0.3 is 9.47 Å². The molecule has 0 saturated carbocycles. The Kier molecular flexibility index (Phi) is 5.17. The molecule has 128 valence electrons. The summed E-state index contributed by atoms with van der Waals surface area (Å²) in [7, 11) is 1.79. The Morgan fingerprint density at radius 3 is 2.67 bits per heavy atom. The van der Waals surface area contributed by atoms with Crippen molar-refractivity contribution in [3.05, 3.63) is 59.4 Å². The van der Waals surface area contributed by atoms with Gasteiger partial charge in [0.05, 0.1) is 5.69 Å². The van der Waals surface area contributed by atoms with Gasteiger partial charge >= 0.3 is 0 Å². The molecule has 1 saturated heterocycles. The van der Waals surface area contributed by atoms with Gasteiger partial charge in [-0.3, -0.25) is 9.88 Å². The number of ether oxygens (including phenoxy) is 2. The van der Waals surface area contributed by atoms with Crippen LogP contribution in [0, 0.1) is 13.8 Å². The molecule has 0 spiro atoms. The van der Waals surface area contributed by atoms with E-state index >= 15 is 0 Å². The second kappa shape index (κ2) is 7.32. The van der Waals surface area contributed by atoms with Crippen molar-refractivity contribution < 1.29 is 9.47 Å². The molecule has 1 aromatic carbocycles. The van der Waals surface area contributed by atoms with Gasteiger partial charge in [0.15, 0.2) is 0 Å². The summed E-state index contributed by atoms with van der Waals surface area (Å²) >= 11 is 0. The van der Waals surface area contributed by atoms with E-state index in [2.05, 4.69) is 35.9 Å². The predicted octanol–water partition coefficient (Wildman–Crippen LogP) is 3.37. The number of hydrogen-bond donors (Lipinski definition) is 0. The van der Waals surface area contributed by atoms with Crippen LogP contribution in [0.4, 0.5) is 0 Å². The molecule has 2 heterocycles. The van der Waals surface area contributed by atoms with E-state index in [-0.39, 0.29) is 5.60 Å². The molecule has 24 heavy (non-hydrogen) atoms. The molecule has 3 rings (SSSR count). The highest BCUT2D eigenvalue weighted by atomic mass is 16.5. The molecule has 0 bridgehead atoms. The largest absolute Gasteiger partial charge is 0.490 e. The Balaban J connectivity index is 1.62. The minimum absolute atomic E-state index is 0.245. The molecule has 1 fully saturated rings. The lowest BCUT2D eigenvalue weighted by molar-refractivity contribution is -0.0361. The van der Waals surface area contributed by atoms with E-state index in [9.17, 15) is 0 Å². The van der Waals surface area contributed by atoms with Crippen molar-refractivity contribution in [2.75, 3.05) is 26.8 Å². The molecular weight excluding hydrogens is 300 g/mol. The quantitative estimate of drug-likeness (QED) is 0.815. The van der Waals surface area contributed by atoms with Gasteiger partial charge in [0, 0.05) is 32.9 Å². The monoisotopic (exact) mass is 326 g/mol. The molecule has 1 aliphatic rings. The normalized spacial score (nSPS) is 21.1. The number of hydrogen-bond acceptors (Lipinski definition) is 4. The number of aryl methyl sites for hydroxylation is 2. The number of para-hydroxylation sites is 1. The van der Waals surface area contributed by atoms with Crippen molar-refractivity contribution in [3.8, 4) is 5.75 Å². The number of pyridine rings is 1. The maximum atomic E-state index is 6.07. The fourth-order valence-corrected chi connectivity index (χ4v) is 3.23. The van der Waals surface area contributed by atoms with Crippen molar-refractivity contribution in [1.29, 1.82) is 0 Å². The van der Waals surface area contributed by atoms with Gasteiger partial charge in [0.2, 0.25) is 0 Å². The third-order valence-electron chi connectivity index (χ3n) is 4.90. The van der Waals surface area contributed by atoms with Crippen LogP contribution in [-0.2, 0) is 11.3 Å². The summed E-state index contributed by atoms with van der Waals surface area (Å²) in [6, 6.07) is 12.2. The highest BCUT2D eigenvalue weighted by molar-refractivity contribution is 5.31. The lowest BCUT2D eigenvalue weighted by Gasteiger charge is -2.28. The molecular formula is C20H26N2O2. The fraction of sp³-hybridized carbons (Fsp3) is 0.450. The highest BCUT2D eigenvalue weighted by Gasteiger charge is 2.39. The summed E-state index contributed by atoms with van der Waals surface area (Å²) in [6.07, 6.45) is 2.84. The zero-order valence-electron chi connectivity index (χ0n) is 14.8. The summed E-state index contributed by atoms with van der Waals surface area (Å²) in [6.45, 7) is 7.49. The predicted molar refractivity (Wildman–Crippen MR) is 95.3 cm³/mol. The Hall–Kier alpha value is -1.91. The first-order valence-corrected chi connectivity index (χ1v) is 8.48. The van der Waals surface area contributed by atoms with Crippen LogP contribution in [0.3, 0.4) is 0 Å². The van der Waals surface area contributed by atoms with Crippen LogP contribution in [0.1, 0.15) is 23.2 Å². The molecule has 4 heteroatoms. The minimum Gasteiger partial charge on any atom is -0.490 e. The summed E-state index contributed by atoms with van der Waals surface area (Å²) < 4.78 is 11.9. The van der Waals surface area contributed by atoms with Gasteiger partial charge in [-0.25, -0.2) is 0 Å². The number of methoxy groups -OCH3 is 1. The average Bonchev–Trinajstić information content (AvgIpc) is 3.00. The number of rotatable bonds is 6. The molecule has 2 aromatic rings. The third-order valence-corrected chi connectivity index (χ3v) is 4.90. The van der Waals surface area contributed by atoms with E-state index in [0.29, 0.717) is 6.61 Å². The first-order valence-electron chi connectivity index (χ1n) is 8.48. The van der Waals surface area contributed by atoms with Crippen LogP contribution in [0.15, 0.2) is 42.6 Å². The maximum Gasteiger partial charge on any atom is 0.122 e. The van der Waals surface area contributed by atoms with E-state index in [1.807, 2.05) is 30.5 Å². The minimum atomic E-state index is -0.245. The standard InChI is InChI=1S/C20H26N2O2/c1-16-8-6-11-21-18(16)13-22-12-10-20(14-22,23-3)15-24-19-9-5-4-7-17(19)2/h4-9,11H,10,12-15H2,1-3H3. The molecule has 1 aliphatic heterocycles. The van der Waals surface area contributed by atoms with Crippen LogP contribution >= 0.6 is 0 Å². The summed E-state index contributed by atoms with van der Waals surface area (Å²) in [5.41, 5.74) is 3.29. The molecule has 1 atom stereocenters. The second-order valence-electron chi connectivity index (χ2n) is 6.67. The second-order valence-corrected chi connectivity index (χ2v) is 6.67. The molecule has 0 aliphatic carbocycles. The maximum absolute atomic E-state index is 6.07. The third kappa shape index (κ3) is 3.77. The molecule has 1 aromatic heterocycles. The topological polar surface area (TPSA) is 34.6 Å². The molecule has 0 N–H and O–H groups in total. The Bertz CT molecular complexity index is 689. The molecule has 4 nitrogen and oxygen atoms in total. The zero-order valence-corrected chi connectivity index (χ0v) is 14.8. The Morgan fingerprint density at radius 2 is 1.92 bits per heavy atom. The smallest absolute Gasteiger partial charge is 0.122 e. The summed E-state index contributed by atoms with van der Waals surface area (Å²) in [5, 5.41) is 0. The van der Waals surface area contributed by atoms with E-state index in [0.717, 1.165) is 43.1 Å². The fourth-order valence-electron chi connectivity index (χ4n) is 3.23. The number of nitrogens with zero attached hydrogens (tertiary/aromatic N) is 2. The SMILES string of the molecule is COC1(COc2ccccc2C)CCN(Cc2ncccc2C)C1. The van der Waals surface area contributed by atoms with E-state index in [1.165, 1.54) is 5.56 Å². The summed E-state index contributed by atoms with van der Waals surface area (Å²) in [4.78, 5) is 6.91. The van der Waals surface area contributed by atoms with Crippen molar-refractivity contribution in [2.45, 2.75) is 32.4 Å². The van der Waals surface area contributed by atoms with Crippen molar-refractivity contribution in [2.24, 2.45) is 0 Å². The van der Waals surface area contributed by atoms with Gasteiger partial charge in [-0.2, -0.15) is 0 Å². The Morgan fingerprint density at radius 1 is 1.12 bits per heavy atom. The van der Waals surface area contributed by atoms with Crippen molar-refractivity contribution in [1.82, 2.24) is 9.88 Å². The number of aromatic nitrogens is 1. The highest BCUT2D eigenvalue weighted by Crippen LogP contribution is 2.28. The van der Waals surface area contributed by atoms with Crippen LogP contribution in [-0.4, -0.2) is 42.3 Å². The first kappa shape index (κ1) is 16.9. The molecule has 0 radical (unpaired) electrons. The lowest BCUT2D eigenvalue weighted by Crippen LogP contribution is -2.41. The van der Waals surface area contributed by atoms with Crippen molar-refractivity contribution >= 4 is 0 Å². The van der Waals surface area contributed by atoms with Crippen LogP contribution in [0.2, 0.25) is 0 Å². The molecule has 1 unspecified atom stereocenters. The zero-order chi connectivity index (χ0) is 17.0. The van der Waals surface area contributed by atoms with Crippen molar-refractivity contribution in [3.63, 3.8) is 0 Å². The van der Waals surface area contributed by atoms with Gasteiger partial charge in [-0.15, -0.1) is 0 Å². The average molecular weight is 326 g/mol. The van der Waals surface area contributed by atoms with Gasteiger partial charge in [-0.1, -0.05) is 24.3 Å². The number of likely N-dealkylation sites (tertiary alicyclic amines) is 1. The number of benzene rings is 1.